The van der Waals surface area contributed by atoms with Gasteiger partial charge in [-0.25, -0.2) is 0 Å². The van der Waals surface area contributed by atoms with Crippen molar-refractivity contribution < 1.29 is 0 Å². The molecule has 1 aromatic heterocycles. The monoisotopic (exact) mass is 281 g/mol. The highest BCUT2D eigenvalue weighted by molar-refractivity contribution is 6.33. The van der Waals surface area contributed by atoms with Crippen LogP contribution in [0.4, 0.5) is 0 Å². The zero-order chi connectivity index (χ0) is 13.8. The Morgan fingerprint density at radius 3 is 2.45 bits per heavy atom. The summed E-state index contributed by atoms with van der Waals surface area (Å²) in [6.45, 7) is 0. The van der Waals surface area contributed by atoms with Gasteiger partial charge in [0.05, 0.1) is 6.20 Å². The molecule has 0 saturated carbocycles. The van der Waals surface area contributed by atoms with Gasteiger partial charge in [0.25, 0.3) is 0 Å². The molecule has 3 rings (SSSR count). The van der Waals surface area contributed by atoms with Crippen LogP contribution in [-0.4, -0.2) is 15.4 Å². The molecule has 0 unspecified atom stereocenters. The van der Waals surface area contributed by atoms with Gasteiger partial charge in [-0.05, 0) is 23.3 Å². The van der Waals surface area contributed by atoms with Crippen molar-refractivity contribution in [2.45, 2.75) is 0 Å². The van der Waals surface area contributed by atoms with Crippen LogP contribution in [0.2, 0.25) is 5.02 Å². The molecule has 0 spiro atoms. The maximum absolute atomic E-state index is 6.19. The lowest BCUT2D eigenvalue weighted by molar-refractivity contribution is 0.937. The van der Waals surface area contributed by atoms with Gasteiger partial charge in [-0.1, -0.05) is 60.1 Å². The zero-order valence-electron chi connectivity index (χ0n) is 10.6. The molecule has 4 heteroatoms. The van der Waals surface area contributed by atoms with Crippen molar-refractivity contribution in [3.8, 4) is 11.1 Å². The van der Waals surface area contributed by atoms with Crippen molar-refractivity contribution in [3.05, 3.63) is 71.0 Å². The highest BCUT2D eigenvalue weighted by Crippen LogP contribution is 2.27. The summed E-state index contributed by atoms with van der Waals surface area (Å²) in [5.74, 6) is 0. The molecule has 0 radical (unpaired) electrons. The average molecular weight is 282 g/mol. The summed E-state index contributed by atoms with van der Waals surface area (Å²) in [6.07, 6.45) is 5.58. The molecule has 0 aliphatic carbocycles. The van der Waals surface area contributed by atoms with Gasteiger partial charge < -0.3 is 0 Å². The van der Waals surface area contributed by atoms with Gasteiger partial charge >= 0.3 is 0 Å². The number of H-pyrrole nitrogens is 1. The zero-order valence-corrected chi connectivity index (χ0v) is 11.4. The molecular formula is C16H12ClN3. The lowest BCUT2D eigenvalue weighted by Gasteiger charge is -2.04. The number of nitrogens with one attached hydrogen (secondary N) is 1. The van der Waals surface area contributed by atoms with Crippen molar-refractivity contribution in [2.75, 3.05) is 0 Å². The molecule has 2 aromatic carbocycles. The standard InChI is InChI=1S/C16H12ClN3/c17-16-4-2-1-3-15(16)13-8-5-12(6-9-13)7-10-14-11-18-20-19-14/h1-11H,(H,18,19,20)/b10-7+. The first-order valence-electron chi connectivity index (χ1n) is 6.22. The molecule has 98 valence electrons. The van der Waals surface area contributed by atoms with E-state index in [9.17, 15) is 0 Å². The van der Waals surface area contributed by atoms with Crippen molar-refractivity contribution >= 4 is 23.8 Å². The Hall–Kier alpha value is -2.39. The van der Waals surface area contributed by atoms with E-state index in [1.807, 2.05) is 36.4 Å². The van der Waals surface area contributed by atoms with E-state index in [0.29, 0.717) is 0 Å². The van der Waals surface area contributed by atoms with Crippen LogP contribution in [0.1, 0.15) is 11.3 Å². The molecule has 1 N–H and O–H groups in total. The van der Waals surface area contributed by atoms with Crippen molar-refractivity contribution in [2.24, 2.45) is 0 Å². The van der Waals surface area contributed by atoms with Crippen LogP contribution in [0, 0.1) is 0 Å². The lowest BCUT2D eigenvalue weighted by Crippen LogP contribution is -1.80. The molecule has 0 aliphatic heterocycles. The van der Waals surface area contributed by atoms with E-state index in [1.54, 1.807) is 6.20 Å². The third-order valence-corrected chi connectivity index (χ3v) is 3.31. The molecule has 3 aromatic rings. The minimum Gasteiger partial charge on any atom is -0.197 e. The normalized spacial score (nSPS) is 11.1. The number of hydrogen-bond donors (Lipinski definition) is 1. The molecule has 0 bridgehead atoms. The van der Waals surface area contributed by atoms with E-state index in [1.165, 1.54) is 0 Å². The summed E-state index contributed by atoms with van der Waals surface area (Å²) in [4.78, 5) is 0. The van der Waals surface area contributed by atoms with Gasteiger partial charge in [0, 0.05) is 10.6 Å². The predicted molar refractivity (Wildman–Crippen MR) is 82.2 cm³/mol. The van der Waals surface area contributed by atoms with Crippen LogP contribution < -0.4 is 0 Å². The maximum Gasteiger partial charge on any atom is 0.105 e. The van der Waals surface area contributed by atoms with Gasteiger partial charge in [-0.15, -0.1) is 0 Å². The number of nitrogens with zero attached hydrogens (tertiary/aromatic N) is 2. The molecule has 0 saturated heterocycles. The molecule has 0 aliphatic rings. The summed E-state index contributed by atoms with van der Waals surface area (Å²) in [6, 6.07) is 16.1. The Kier molecular flexibility index (Phi) is 3.61. The van der Waals surface area contributed by atoms with E-state index in [-0.39, 0.29) is 0 Å². The fraction of sp³-hybridized carbons (Fsp3) is 0. The van der Waals surface area contributed by atoms with Crippen LogP contribution in [0.15, 0.2) is 54.7 Å². The molecule has 0 atom stereocenters. The summed E-state index contributed by atoms with van der Waals surface area (Å²) in [5, 5.41) is 11.1. The topological polar surface area (TPSA) is 41.6 Å². The Morgan fingerprint density at radius 2 is 1.75 bits per heavy atom. The Bertz CT molecular complexity index is 716. The second-order valence-electron chi connectivity index (χ2n) is 4.33. The third-order valence-electron chi connectivity index (χ3n) is 2.98. The van der Waals surface area contributed by atoms with E-state index in [2.05, 4.69) is 39.7 Å². The fourth-order valence-corrected chi connectivity index (χ4v) is 2.19. The van der Waals surface area contributed by atoms with Crippen molar-refractivity contribution in [3.63, 3.8) is 0 Å². The molecule has 0 fully saturated rings. The van der Waals surface area contributed by atoms with Crippen molar-refractivity contribution in [1.29, 1.82) is 0 Å². The van der Waals surface area contributed by atoms with Crippen molar-refractivity contribution in [1.82, 2.24) is 15.4 Å². The first-order valence-corrected chi connectivity index (χ1v) is 6.59. The number of aromatic amines is 1. The Labute approximate surface area is 121 Å². The summed E-state index contributed by atoms with van der Waals surface area (Å²) in [5.41, 5.74) is 4.05. The second-order valence-corrected chi connectivity index (χ2v) is 4.74. The van der Waals surface area contributed by atoms with E-state index >= 15 is 0 Å². The SMILES string of the molecule is Clc1ccccc1-c1ccc(/C=C/c2cn[nH]n2)cc1. The van der Waals surface area contributed by atoms with E-state index < -0.39 is 0 Å². The Morgan fingerprint density at radius 1 is 0.950 bits per heavy atom. The lowest BCUT2D eigenvalue weighted by atomic mass is 10.0. The molecule has 3 nitrogen and oxygen atoms in total. The third kappa shape index (κ3) is 2.78. The van der Waals surface area contributed by atoms with E-state index in [4.69, 9.17) is 11.6 Å². The first-order chi connectivity index (χ1) is 9.83. The highest BCUT2D eigenvalue weighted by Gasteiger charge is 2.01. The molecule has 20 heavy (non-hydrogen) atoms. The Balaban J connectivity index is 1.83. The maximum atomic E-state index is 6.19. The van der Waals surface area contributed by atoms with Gasteiger partial charge in [0.1, 0.15) is 5.69 Å². The largest absolute Gasteiger partial charge is 0.197 e. The number of hydrogen-bond acceptors (Lipinski definition) is 2. The number of halogens is 1. The van der Waals surface area contributed by atoms with Gasteiger partial charge in [-0.2, -0.15) is 15.4 Å². The number of benzene rings is 2. The van der Waals surface area contributed by atoms with Crippen LogP contribution in [0.3, 0.4) is 0 Å². The summed E-state index contributed by atoms with van der Waals surface area (Å²) < 4.78 is 0. The number of aromatic nitrogens is 3. The smallest absolute Gasteiger partial charge is 0.105 e. The molecule has 1 heterocycles. The minimum absolute atomic E-state index is 0.762. The summed E-state index contributed by atoms with van der Waals surface area (Å²) >= 11 is 6.19. The van der Waals surface area contributed by atoms with Gasteiger partial charge in [0.2, 0.25) is 0 Å². The highest BCUT2D eigenvalue weighted by atomic mass is 35.5. The van der Waals surface area contributed by atoms with Crippen LogP contribution in [-0.2, 0) is 0 Å². The predicted octanol–water partition coefficient (Wildman–Crippen LogP) is 4.30. The summed E-state index contributed by atoms with van der Waals surface area (Å²) in [7, 11) is 0. The molecular weight excluding hydrogens is 270 g/mol. The quantitative estimate of drug-likeness (QED) is 0.778. The van der Waals surface area contributed by atoms with Crippen LogP contribution in [0.5, 0.6) is 0 Å². The van der Waals surface area contributed by atoms with Gasteiger partial charge in [0.15, 0.2) is 0 Å². The number of rotatable bonds is 3. The van der Waals surface area contributed by atoms with E-state index in [0.717, 1.165) is 27.4 Å². The van der Waals surface area contributed by atoms with Crippen LogP contribution >= 0.6 is 11.6 Å². The average Bonchev–Trinajstić information content (AvgIpc) is 3.00. The second kappa shape index (κ2) is 5.72. The first kappa shape index (κ1) is 12.6. The fourth-order valence-electron chi connectivity index (χ4n) is 1.94. The van der Waals surface area contributed by atoms with Gasteiger partial charge in [-0.3, -0.25) is 0 Å². The van der Waals surface area contributed by atoms with Crippen LogP contribution in [0.25, 0.3) is 23.3 Å². The minimum atomic E-state index is 0.762. The molecule has 0 amide bonds.